The van der Waals surface area contributed by atoms with Crippen LogP contribution in [0.5, 0.6) is 0 Å². The van der Waals surface area contributed by atoms with Crippen molar-refractivity contribution in [2.75, 3.05) is 6.54 Å². The largest absolute Gasteiger partial charge is 0.311 e. The number of pyridine rings is 1. The molecule has 0 aromatic carbocycles. The summed E-state index contributed by atoms with van der Waals surface area (Å²) in [6.45, 7) is 3.62. The molecule has 2 aromatic rings. The van der Waals surface area contributed by atoms with Crippen molar-refractivity contribution in [3.8, 4) is 11.5 Å². The molecular weight excluding hydrogens is 271 g/mol. The number of halogens is 2. The predicted molar refractivity (Wildman–Crippen MR) is 72.7 cm³/mol. The molecule has 0 atom stereocenters. The van der Waals surface area contributed by atoms with Gasteiger partial charge in [0.05, 0.1) is 15.7 Å². The maximum absolute atomic E-state index is 6.08. The van der Waals surface area contributed by atoms with Gasteiger partial charge in [-0.25, -0.2) is 15.0 Å². The molecule has 0 bridgehead atoms. The third kappa shape index (κ3) is 3.16. The summed E-state index contributed by atoms with van der Waals surface area (Å²) in [6.07, 6.45) is 3.23. The lowest BCUT2D eigenvalue weighted by atomic mass is 10.3. The SMILES string of the molecule is CCNCc1ccnc(-c2ncc(Cl)cc2Cl)n1. The van der Waals surface area contributed by atoms with Gasteiger partial charge in [0.25, 0.3) is 0 Å². The monoisotopic (exact) mass is 282 g/mol. The number of aromatic nitrogens is 3. The summed E-state index contributed by atoms with van der Waals surface area (Å²) in [4.78, 5) is 12.7. The van der Waals surface area contributed by atoms with Crippen molar-refractivity contribution in [2.45, 2.75) is 13.5 Å². The Balaban J connectivity index is 2.32. The van der Waals surface area contributed by atoms with Crippen molar-refractivity contribution in [3.05, 3.63) is 40.3 Å². The van der Waals surface area contributed by atoms with E-state index in [1.165, 1.54) is 6.20 Å². The summed E-state index contributed by atoms with van der Waals surface area (Å²) in [5.74, 6) is 0.507. The first-order valence-corrected chi connectivity index (χ1v) is 6.30. The quantitative estimate of drug-likeness (QED) is 0.937. The molecule has 0 spiro atoms. The third-order valence-electron chi connectivity index (χ3n) is 2.29. The summed E-state index contributed by atoms with van der Waals surface area (Å²) in [7, 11) is 0. The zero-order chi connectivity index (χ0) is 13.0. The molecule has 2 aromatic heterocycles. The van der Waals surface area contributed by atoms with Gasteiger partial charge in [-0.2, -0.15) is 0 Å². The van der Waals surface area contributed by atoms with Crippen molar-refractivity contribution in [1.29, 1.82) is 0 Å². The van der Waals surface area contributed by atoms with E-state index < -0.39 is 0 Å². The van der Waals surface area contributed by atoms with Gasteiger partial charge in [-0.05, 0) is 18.7 Å². The molecule has 2 heterocycles. The third-order valence-corrected chi connectivity index (χ3v) is 2.78. The minimum Gasteiger partial charge on any atom is -0.311 e. The van der Waals surface area contributed by atoms with Crippen LogP contribution in [0.1, 0.15) is 12.6 Å². The second-order valence-corrected chi connectivity index (χ2v) is 4.48. The summed E-state index contributed by atoms with van der Waals surface area (Å²) in [5.41, 5.74) is 1.44. The topological polar surface area (TPSA) is 50.7 Å². The van der Waals surface area contributed by atoms with Gasteiger partial charge in [0.2, 0.25) is 0 Å². The second-order valence-electron chi connectivity index (χ2n) is 3.64. The van der Waals surface area contributed by atoms with Gasteiger partial charge >= 0.3 is 0 Å². The molecule has 0 saturated carbocycles. The minimum atomic E-state index is 0.447. The molecule has 0 aliphatic rings. The summed E-state index contributed by atoms with van der Waals surface area (Å²) in [6, 6.07) is 3.49. The van der Waals surface area contributed by atoms with Crippen molar-refractivity contribution >= 4 is 23.2 Å². The number of nitrogens with zero attached hydrogens (tertiary/aromatic N) is 3. The molecule has 6 heteroatoms. The van der Waals surface area contributed by atoms with Gasteiger partial charge in [-0.1, -0.05) is 30.1 Å². The Hall–Kier alpha value is -1.23. The molecule has 0 aliphatic heterocycles. The van der Waals surface area contributed by atoms with Crippen LogP contribution in [-0.2, 0) is 6.54 Å². The predicted octanol–water partition coefficient (Wildman–Crippen LogP) is 2.95. The second kappa shape index (κ2) is 6.09. The van der Waals surface area contributed by atoms with Gasteiger partial charge in [0.1, 0.15) is 5.69 Å². The van der Waals surface area contributed by atoms with E-state index in [2.05, 4.69) is 20.3 Å². The van der Waals surface area contributed by atoms with Crippen LogP contribution in [0.2, 0.25) is 10.0 Å². The fourth-order valence-electron chi connectivity index (χ4n) is 1.44. The van der Waals surface area contributed by atoms with E-state index >= 15 is 0 Å². The Bertz CT molecular complexity index is 545. The standard InChI is InChI=1S/C12H12Cl2N4/c1-2-15-7-9-3-4-16-12(18-9)11-10(14)5-8(13)6-17-11/h3-6,15H,2,7H2,1H3. The molecule has 2 rings (SSSR count). The lowest BCUT2D eigenvalue weighted by Gasteiger charge is -2.05. The lowest BCUT2D eigenvalue weighted by molar-refractivity contribution is 0.709. The highest BCUT2D eigenvalue weighted by molar-refractivity contribution is 6.35. The first kappa shape index (κ1) is 13.2. The zero-order valence-corrected chi connectivity index (χ0v) is 11.3. The van der Waals surface area contributed by atoms with Gasteiger partial charge in [-0.15, -0.1) is 0 Å². The van der Waals surface area contributed by atoms with Crippen LogP contribution in [0.25, 0.3) is 11.5 Å². The van der Waals surface area contributed by atoms with Crippen LogP contribution < -0.4 is 5.32 Å². The molecular formula is C12H12Cl2N4. The normalized spacial score (nSPS) is 10.6. The van der Waals surface area contributed by atoms with Crippen LogP contribution in [0.15, 0.2) is 24.5 Å². The van der Waals surface area contributed by atoms with E-state index in [-0.39, 0.29) is 0 Å². The fraction of sp³-hybridized carbons (Fsp3) is 0.250. The first-order chi connectivity index (χ1) is 8.70. The highest BCUT2D eigenvalue weighted by Crippen LogP contribution is 2.25. The number of rotatable bonds is 4. The van der Waals surface area contributed by atoms with Gasteiger partial charge < -0.3 is 5.32 Å². The highest BCUT2D eigenvalue weighted by Gasteiger charge is 2.09. The molecule has 0 unspecified atom stereocenters. The summed E-state index contributed by atoms with van der Waals surface area (Å²) >= 11 is 11.9. The van der Waals surface area contributed by atoms with Crippen molar-refractivity contribution in [1.82, 2.24) is 20.3 Å². The summed E-state index contributed by atoms with van der Waals surface area (Å²) in [5, 5.41) is 4.14. The highest BCUT2D eigenvalue weighted by atomic mass is 35.5. The van der Waals surface area contributed by atoms with E-state index in [4.69, 9.17) is 23.2 Å². The van der Waals surface area contributed by atoms with Crippen LogP contribution in [0, 0.1) is 0 Å². The Morgan fingerprint density at radius 2 is 2.11 bits per heavy atom. The molecule has 1 N–H and O–H groups in total. The minimum absolute atomic E-state index is 0.447. The van der Waals surface area contributed by atoms with E-state index in [0.717, 1.165) is 12.2 Å². The Kier molecular flexibility index (Phi) is 4.47. The molecule has 18 heavy (non-hydrogen) atoms. The maximum Gasteiger partial charge on any atom is 0.179 e. The molecule has 0 fully saturated rings. The number of hydrogen-bond acceptors (Lipinski definition) is 4. The van der Waals surface area contributed by atoms with Crippen LogP contribution in [-0.4, -0.2) is 21.5 Å². The molecule has 94 valence electrons. The van der Waals surface area contributed by atoms with E-state index in [1.807, 2.05) is 13.0 Å². The Labute approximate surface area is 115 Å². The Morgan fingerprint density at radius 1 is 1.28 bits per heavy atom. The first-order valence-electron chi connectivity index (χ1n) is 5.54. The van der Waals surface area contributed by atoms with Crippen molar-refractivity contribution in [2.24, 2.45) is 0 Å². The lowest BCUT2D eigenvalue weighted by Crippen LogP contribution is -2.13. The summed E-state index contributed by atoms with van der Waals surface area (Å²) < 4.78 is 0. The number of nitrogens with one attached hydrogen (secondary N) is 1. The molecule has 0 radical (unpaired) electrons. The van der Waals surface area contributed by atoms with Crippen molar-refractivity contribution in [3.63, 3.8) is 0 Å². The average Bonchev–Trinajstić information content (AvgIpc) is 2.36. The average molecular weight is 283 g/mol. The van der Waals surface area contributed by atoms with Crippen molar-refractivity contribution < 1.29 is 0 Å². The number of hydrogen-bond donors (Lipinski definition) is 1. The van der Waals surface area contributed by atoms with E-state index in [9.17, 15) is 0 Å². The smallest absolute Gasteiger partial charge is 0.179 e. The van der Waals surface area contributed by atoms with Crippen LogP contribution in [0.3, 0.4) is 0 Å². The maximum atomic E-state index is 6.08. The van der Waals surface area contributed by atoms with Gasteiger partial charge in [0.15, 0.2) is 5.82 Å². The molecule has 0 amide bonds. The van der Waals surface area contributed by atoms with E-state index in [1.54, 1.807) is 12.3 Å². The molecule has 0 saturated heterocycles. The molecule has 4 nitrogen and oxygen atoms in total. The van der Waals surface area contributed by atoms with Gasteiger partial charge in [0, 0.05) is 18.9 Å². The molecule has 0 aliphatic carbocycles. The van der Waals surface area contributed by atoms with Gasteiger partial charge in [-0.3, -0.25) is 0 Å². The van der Waals surface area contributed by atoms with Crippen LogP contribution >= 0.6 is 23.2 Å². The zero-order valence-electron chi connectivity index (χ0n) is 9.82. The van der Waals surface area contributed by atoms with Crippen LogP contribution in [0.4, 0.5) is 0 Å². The van der Waals surface area contributed by atoms with E-state index in [0.29, 0.717) is 28.1 Å². The fourth-order valence-corrected chi connectivity index (χ4v) is 1.91. The Morgan fingerprint density at radius 3 is 2.83 bits per heavy atom.